The highest BCUT2D eigenvalue weighted by atomic mass is 16.5. The molecule has 30 heavy (non-hydrogen) atoms. The summed E-state index contributed by atoms with van der Waals surface area (Å²) in [6.45, 7) is 5.37. The molecular weight excluding hydrogens is 378 g/mol. The van der Waals surface area contributed by atoms with Crippen molar-refractivity contribution in [3.8, 4) is 0 Å². The predicted octanol–water partition coefficient (Wildman–Crippen LogP) is 3.90. The Morgan fingerprint density at radius 3 is 2.70 bits per heavy atom. The molecule has 1 unspecified atom stereocenters. The van der Waals surface area contributed by atoms with Gasteiger partial charge in [0.05, 0.1) is 7.11 Å². The molecule has 0 aliphatic carbocycles. The molecule has 1 aromatic heterocycles. The number of aryl methyl sites for hydroxylation is 2. The Kier molecular flexibility index (Phi) is 5.48. The summed E-state index contributed by atoms with van der Waals surface area (Å²) in [5.41, 5.74) is 5.71. The number of hydrogen-bond donors (Lipinski definition) is 2. The van der Waals surface area contributed by atoms with Gasteiger partial charge < -0.3 is 19.9 Å². The van der Waals surface area contributed by atoms with Gasteiger partial charge in [0.1, 0.15) is 6.04 Å². The van der Waals surface area contributed by atoms with E-state index in [0.717, 1.165) is 52.8 Å². The summed E-state index contributed by atoms with van der Waals surface area (Å²) in [5, 5.41) is 4.40. The van der Waals surface area contributed by atoms with E-state index >= 15 is 0 Å². The Labute approximate surface area is 175 Å². The van der Waals surface area contributed by atoms with Gasteiger partial charge in [-0.25, -0.2) is 4.79 Å². The van der Waals surface area contributed by atoms with Gasteiger partial charge in [-0.3, -0.25) is 4.79 Å². The van der Waals surface area contributed by atoms with E-state index < -0.39 is 0 Å². The van der Waals surface area contributed by atoms with Gasteiger partial charge in [-0.05, 0) is 74.2 Å². The number of hydrogen-bond acceptors (Lipinski definition) is 5. The van der Waals surface area contributed by atoms with Gasteiger partial charge in [-0.15, -0.1) is 0 Å². The number of benzene rings is 2. The first kappa shape index (κ1) is 20.0. The maximum absolute atomic E-state index is 12.5. The minimum Gasteiger partial charge on any atom is -0.467 e. The molecule has 0 saturated carbocycles. The van der Waals surface area contributed by atoms with Gasteiger partial charge in [-0.1, -0.05) is 6.07 Å². The maximum Gasteiger partial charge on any atom is 0.328 e. The molecule has 2 aromatic carbocycles. The number of ether oxygens (including phenoxy) is 1. The van der Waals surface area contributed by atoms with Crippen LogP contribution in [0.5, 0.6) is 0 Å². The van der Waals surface area contributed by atoms with Crippen LogP contribution in [-0.4, -0.2) is 30.6 Å². The van der Waals surface area contributed by atoms with Crippen LogP contribution in [0.15, 0.2) is 47.3 Å². The Morgan fingerprint density at radius 1 is 1.20 bits per heavy atom. The van der Waals surface area contributed by atoms with E-state index in [1.54, 1.807) is 0 Å². The Hall–Kier alpha value is -3.28. The van der Waals surface area contributed by atoms with Gasteiger partial charge in [0, 0.05) is 40.9 Å². The molecule has 2 heterocycles. The molecule has 4 rings (SSSR count). The molecule has 0 bridgehead atoms. The van der Waals surface area contributed by atoms with E-state index in [0.29, 0.717) is 12.1 Å². The summed E-state index contributed by atoms with van der Waals surface area (Å²) in [4.78, 5) is 29.6. The first-order valence-electron chi connectivity index (χ1n) is 10.3. The zero-order valence-corrected chi connectivity index (χ0v) is 17.6. The quantitative estimate of drug-likeness (QED) is 0.630. The Balaban J connectivity index is 1.49. The van der Waals surface area contributed by atoms with Crippen LogP contribution < -0.4 is 15.8 Å². The molecule has 3 aromatic rings. The molecule has 0 radical (unpaired) electrons. The van der Waals surface area contributed by atoms with Crippen molar-refractivity contribution in [3.05, 3.63) is 69.5 Å². The minimum atomic E-state index is -0.211. The van der Waals surface area contributed by atoms with Crippen molar-refractivity contribution in [1.82, 2.24) is 4.98 Å². The van der Waals surface area contributed by atoms with Gasteiger partial charge >= 0.3 is 5.97 Å². The summed E-state index contributed by atoms with van der Waals surface area (Å²) < 4.78 is 4.93. The van der Waals surface area contributed by atoms with Gasteiger partial charge in [0.2, 0.25) is 0 Å². The van der Waals surface area contributed by atoms with Crippen molar-refractivity contribution >= 4 is 28.2 Å². The molecule has 6 nitrogen and oxygen atoms in total. The Morgan fingerprint density at radius 2 is 1.97 bits per heavy atom. The second kappa shape index (κ2) is 8.22. The third kappa shape index (κ3) is 3.90. The lowest BCUT2D eigenvalue weighted by molar-refractivity contribution is -0.141. The predicted molar refractivity (Wildman–Crippen MR) is 120 cm³/mol. The first-order chi connectivity index (χ1) is 14.5. The van der Waals surface area contributed by atoms with E-state index in [-0.39, 0.29) is 17.6 Å². The lowest BCUT2D eigenvalue weighted by Gasteiger charge is -2.25. The highest BCUT2D eigenvalue weighted by Crippen LogP contribution is 2.27. The summed E-state index contributed by atoms with van der Waals surface area (Å²) >= 11 is 0. The normalized spacial score (nSPS) is 16.1. The van der Waals surface area contributed by atoms with Crippen LogP contribution in [0.4, 0.5) is 11.4 Å². The third-order valence-electron chi connectivity index (χ3n) is 5.80. The molecule has 6 heteroatoms. The van der Waals surface area contributed by atoms with Crippen LogP contribution in [0, 0.1) is 13.8 Å². The van der Waals surface area contributed by atoms with E-state index in [4.69, 9.17) is 4.74 Å². The van der Waals surface area contributed by atoms with E-state index in [9.17, 15) is 9.59 Å². The maximum atomic E-state index is 12.5. The van der Waals surface area contributed by atoms with Crippen LogP contribution in [-0.2, 0) is 16.1 Å². The monoisotopic (exact) mass is 405 g/mol. The number of nitrogens with one attached hydrogen (secondary N) is 2. The van der Waals surface area contributed by atoms with Gasteiger partial charge in [0.15, 0.2) is 0 Å². The zero-order valence-electron chi connectivity index (χ0n) is 17.6. The van der Waals surface area contributed by atoms with Crippen LogP contribution in [0.1, 0.15) is 29.5 Å². The minimum absolute atomic E-state index is 0.0744. The highest BCUT2D eigenvalue weighted by molar-refractivity contribution is 5.83. The molecule has 1 aliphatic rings. The van der Waals surface area contributed by atoms with Crippen LogP contribution in [0.25, 0.3) is 10.9 Å². The van der Waals surface area contributed by atoms with Crippen molar-refractivity contribution in [2.45, 2.75) is 39.3 Å². The van der Waals surface area contributed by atoms with Crippen molar-refractivity contribution in [2.24, 2.45) is 0 Å². The fraction of sp³-hybridized carbons (Fsp3) is 0.333. The number of H-pyrrole nitrogens is 1. The number of fused-ring (bicyclic) bond motifs is 1. The third-order valence-corrected chi connectivity index (χ3v) is 5.80. The first-order valence-corrected chi connectivity index (χ1v) is 10.3. The number of nitrogens with zero attached hydrogens (tertiary/aromatic N) is 1. The van der Waals surface area contributed by atoms with Crippen molar-refractivity contribution in [1.29, 1.82) is 0 Å². The van der Waals surface area contributed by atoms with Gasteiger partial charge in [-0.2, -0.15) is 0 Å². The van der Waals surface area contributed by atoms with Crippen molar-refractivity contribution in [3.63, 3.8) is 0 Å². The van der Waals surface area contributed by atoms with Crippen LogP contribution >= 0.6 is 0 Å². The number of aromatic nitrogens is 1. The molecule has 156 valence electrons. The summed E-state index contributed by atoms with van der Waals surface area (Å²) in [6, 6.07) is 13.8. The molecule has 2 N–H and O–H groups in total. The molecule has 1 aliphatic heterocycles. The van der Waals surface area contributed by atoms with E-state index in [2.05, 4.69) is 28.2 Å². The second-order valence-corrected chi connectivity index (χ2v) is 7.94. The number of esters is 1. The largest absolute Gasteiger partial charge is 0.467 e. The lowest BCUT2D eigenvalue weighted by atomic mass is 10.0. The van der Waals surface area contributed by atoms with Crippen molar-refractivity contribution < 1.29 is 9.53 Å². The summed E-state index contributed by atoms with van der Waals surface area (Å²) in [5.74, 6) is -0.185. The van der Waals surface area contributed by atoms with Crippen molar-refractivity contribution in [2.75, 3.05) is 23.9 Å². The topological polar surface area (TPSA) is 74.4 Å². The average Bonchev–Trinajstić information content (AvgIpc) is 3.22. The highest BCUT2D eigenvalue weighted by Gasteiger charge is 2.31. The number of pyridine rings is 1. The standard InChI is InChI=1S/C24H27N3O3/c1-15-11-16(2)20-13-17(23(28)26-21(20)12-15)14-25-18-6-8-19(9-7-18)27-10-4-5-22(27)24(29)30-3/h6-9,11-13,22,25H,4-5,10,14H2,1-3H3,(H,26,28). The second-order valence-electron chi connectivity index (χ2n) is 7.94. The van der Waals surface area contributed by atoms with E-state index in [1.165, 1.54) is 7.11 Å². The van der Waals surface area contributed by atoms with Gasteiger partial charge in [0.25, 0.3) is 5.56 Å². The summed E-state index contributed by atoms with van der Waals surface area (Å²) in [6.07, 6.45) is 1.79. The number of rotatable bonds is 5. The lowest BCUT2D eigenvalue weighted by Crippen LogP contribution is -2.36. The average molecular weight is 405 g/mol. The smallest absolute Gasteiger partial charge is 0.328 e. The fourth-order valence-corrected chi connectivity index (χ4v) is 4.27. The molecule has 0 spiro atoms. The zero-order chi connectivity index (χ0) is 21.3. The van der Waals surface area contributed by atoms with Crippen LogP contribution in [0.2, 0.25) is 0 Å². The molecule has 1 atom stereocenters. The number of aromatic amines is 1. The van der Waals surface area contributed by atoms with Crippen LogP contribution in [0.3, 0.4) is 0 Å². The molecule has 1 fully saturated rings. The number of carbonyl (C=O) groups excluding carboxylic acids is 1. The molecule has 0 amide bonds. The SMILES string of the molecule is COC(=O)C1CCCN1c1ccc(NCc2cc3c(C)cc(C)cc3[nH]c2=O)cc1. The Bertz CT molecular complexity index is 1130. The fourth-order valence-electron chi connectivity index (χ4n) is 4.27. The molecule has 1 saturated heterocycles. The number of anilines is 2. The summed E-state index contributed by atoms with van der Waals surface area (Å²) in [7, 11) is 1.43. The number of methoxy groups -OCH3 is 1. The van der Waals surface area contributed by atoms with E-state index in [1.807, 2.05) is 43.3 Å². The molecular formula is C24H27N3O3. The number of carbonyl (C=O) groups is 1.